The second-order valence-corrected chi connectivity index (χ2v) is 7.46. The number of nitrogens with one attached hydrogen (secondary N) is 1. The number of nitriles is 1. The van der Waals surface area contributed by atoms with E-state index in [1.165, 1.54) is 23.9 Å². The molecule has 0 radical (unpaired) electrons. The van der Waals surface area contributed by atoms with E-state index in [9.17, 15) is 9.59 Å². The van der Waals surface area contributed by atoms with Gasteiger partial charge >= 0.3 is 5.97 Å². The molecule has 0 aliphatic carbocycles. The van der Waals surface area contributed by atoms with E-state index in [0.29, 0.717) is 10.0 Å². The summed E-state index contributed by atoms with van der Waals surface area (Å²) in [6.07, 6.45) is 0. The summed E-state index contributed by atoms with van der Waals surface area (Å²) >= 11 is 13.0. The Morgan fingerprint density at radius 2 is 1.85 bits per heavy atom. The number of thioether (sulfide) groups is 1. The van der Waals surface area contributed by atoms with Crippen LogP contribution in [0.25, 0.3) is 0 Å². The van der Waals surface area contributed by atoms with E-state index in [1.807, 2.05) is 6.07 Å². The Labute approximate surface area is 165 Å². The molecule has 0 heterocycles. The molecule has 1 N–H and O–H groups in total. The smallest absolute Gasteiger partial charge is 0.319 e. The SMILES string of the molecule is C[C@@H](Sc1ccc(Cl)cc1)C(=O)OCC(=O)Nc1cc(Cl)ccc1C#N. The standard InChI is InChI=1S/C18H14Cl2N2O3S/c1-11(26-15-6-4-13(19)5-7-15)18(24)25-10-17(23)22-16-8-14(20)3-2-12(16)9-21/h2-8,11H,10H2,1H3,(H,22,23)/t11-/m1/s1. The Hall–Kier alpha value is -2.20. The Morgan fingerprint density at radius 3 is 2.50 bits per heavy atom. The number of benzene rings is 2. The number of carbonyl (C=O) groups excluding carboxylic acids is 2. The van der Waals surface area contributed by atoms with Gasteiger partial charge < -0.3 is 10.1 Å². The molecule has 0 unspecified atom stereocenters. The number of hydrogen-bond acceptors (Lipinski definition) is 5. The zero-order chi connectivity index (χ0) is 19.1. The molecule has 0 aromatic heterocycles. The molecule has 0 fully saturated rings. The normalized spacial score (nSPS) is 11.3. The summed E-state index contributed by atoms with van der Waals surface area (Å²) in [5.74, 6) is -1.08. The number of anilines is 1. The molecule has 0 spiro atoms. The number of halogens is 2. The molecule has 2 aromatic carbocycles. The third kappa shape index (κ3) is 5.95. The Kier molecular flexibility index (Phi) is 7.34. The highest BCUT2D eigenvalue weighted by Crippen LogP contribution is 2.25. The van der Waals surface area contributed by atoms with Crippen molar-refractivity contribution in [3.8, 4) is 6.07 Å². The van der Waals surface area contributed by atoms with Crippen LogP contribution in [-0.4, -0.2) is 23.7 Å². The molecule has 0 saturated heterocycles. The third-order valence-electron chi connectivity index (χ3n) is 3.18. The third-order valence-corrected chi connectivity index (χ3v) is 4.76. The fourth-order valence-electron chi connectivity index (χ4n) is 1.92. The molecule has 5 nitrogen and oxygen atoms in total. The van der Waals surface area contributed by atoms with Crippen molar-refractivity contribution in [3.05, 3.63) is 58.1 Å². The van der Waals surface area contributed by atoms with Crippen LogP contribution in [0, 0.1) is 11.3 Å². The highest BCUT2D eigenvalue weighted by Gasteiger charge is 2.18. The van der Waals surface area contributed by atoms with Gasteiger partial charge in [0.25, 0.3) is 5.91 Å². The summed E-state index contributed by atoms with van der Waals surface area (Å²) in [5, 5.41) is 12.0. The fourth-order valence-corrected chi connectivity index (χ4v) is 3.09. The largest absolute Gasteiger partial charge is 0.455 e. The quantitative estimate of drug-likeness (QED) is 0.560. The maximum absolute atomic E-state index is 12.0. The van der Waals surface area contributed by atoms with Crippen molar-refractivity contribution in [2.24, 2.45) is 0 Å². The molecule has 1 amide bonds. The molecule has 1 atom stereocenters. The van der Waals surface area contributed by atoms with Crippen molar-refractivity contribution in [2.75, 3.05) is 11.9 Å². The Morgan fingerprint density at radius 1 is 1.19 bits per heavy atom. The maximum Gasteiger partial charge on any atom is 0.319 e. The van der Waals surface area contributed by atoms with Crippen molar-refractivity contribution in [3.63, 3.8) is 0 Å². The van der Waals surface area contributed by atoms with Crippen LogP contribution in [-0.2, 0) is 14.3 Å². The Balaban J connectivity index is 1.86. The summed E-state index contributed by atoms with van der Waals surface area (Å²) in [6.45, 7) is 1.23. The second kappa shape index (κ2) is 9.48. The van der Waals surface area contributed by atoms with Crippen molar-refractivity contribution in [1.29, 1.82) is 5.26 Å². The number of rotatable bonds is 6. The topological polar surface area (TPSA) is 79.2 Å². The molecule has 26 heavy (non-hydrogen) atoms. The van der Waals surface area contributed by atoms with Gasteiger partial charge in [0, 0.05) is 14.9 Å². The van der Waals surface area contributed by atoms with E-state index in [0.717, 1.165) is 4.90 Å². The second-order valence-electron chi connectivity index (χ2n) is 5.17. The van der Waals surface area contributed by atoms with Gasteiger partial charge in [0.2, 0.25) is 0 Å². The fraction of sp³-hybridized carbons (Fsp3) is 0.167. The van der Waals surface area contributed by atoms with Gasteiger partial charge in [-0.3, -0.25) is 9.59 Å². The van der Waals surface area contributed by atoms with E-state index in [1.54, 1.807) is 37.3 Å². The summed E-state index contributed by atoms with van der Waals surface area (Å²) in [4.78, 5) is 24.8. The van der Waals surface area contributed by atoms with Gasteiger partial charge in [-0.1, -0.05) is 23.2 Å². The first-order chi connectivity index (χ1) is 12.4. The highest BCUT2D eigenvalue weighted by molar-refractivity contribution is 8.00. The minimum absolute atomic E-state index is 0.265. The summed E-state index contributed by atoms with van der Waals surface area (Å²) in [6, 6.07) is 13.5. The van der Waals surface area contributed by atoms with Crippen LogP contribution >= 0.6 is 35.0 Å². The molecular weight excluding hydrogens is 395 g/mol. The van der Waals surface area contributed by atoms with Gasteiger partial charge in [-0.2, -0.15) is 5.26 Å². The molecule has 8 heteroatoms. The van der Waals surface area contributed by atoms with Crippen molar-refractivity contribution in [1.82, 2.24) is 0 Å². The minimum Gasteiger partial charge on any atom is -0.455 e. The van der Waals surface area contributed by atoms with Gasteiger partial charge in [0.1, 0.15) is 11.3 Å². The summed E-state index contributed by atoms with van der Waals surface area (Å²) < 4.78 is 5.02. The molecular formula is C18H14Cl2N2O3S. The van der Waals surface area contributed by atoms with E-state index in [4.69, 9.17) is 33.2 Å². The summed E-state index contributed by atoms with van der Waals surface area (Å²) in [5.41, 5.74) is 0.533. The van der Waals surface area contributed by atoms with E-state index < -0.39 is 23.7 Å². The molecule has 2 rings (SSSR count). The molecule has 0 aliphatic rings. The molecule has 2 aromatic rings. The van der Waals surface area contributed by atoms with Crippen LogP contribution in [0.4, 0.5) is 5.69 Å². The van der Waals surface area contributed by atoms with Gasteiger partial charge in [0.05, 0.1) is 11.3 Å². The number of nitrogens with zero attached hydrogens (tertiary/aromatic N) is 1. The average Bonchev–Trinajstić information content (AvgIpc) is 2.61. The molecule has 0 saturated carbocycles. The van der Waals surface area contributed by atoms with E-state index in [-0.39, 0.29) is 11.3 Å². The van der Waals surface area contributed by atoms with Crippen LogP contribution in [0.2, 0.25) is 10.0 Å². The van der Waals surface area contributed by atoms with E-state index in [2.05, 4.69) is 5.32 Å². The average molecular weight is 409 g/mol. The molecule has 0 bridgehead atoms. The number of carbonyl (C=O) groups is 2. The Bertz CT molecular complexity index is 851. The lowest BCUT2D eigenvalue weighted by Crippen LogP contribution is -2.25. The number of esters is 1. The van der Waals surface area contributed by atoms with Gasteiger partial charge in [0.15, 0.2) is 6.61 Å². The zero-order valence-corrected chi connectivity index (χ0v) is 16.0. The van der Waals surface area contributed by atoms with Crippen molar-refractivity contribution in [2.45, 2.75) is 17.1 Å². The van der Waals surface area contributed by atoms with E-state index >= 15 is 0 Å². The number of hydrogen-bond donors (Lipinski definition) is 1. The predicted octanol–water partition coefficient (Wildman–Crippen LogP) is 4.53. The first-order valence-electron chi connectivity index (χ1n) is 7.47. The van der Waals surface area contributed by atoms with Crippen LogP contribution in [0.3, 0.4) is 0 Å². The molecule has 0 aliphatic heterocycles. The molecule has 134 valence electrons. The highest BCUT2D eigenvalue weighted by atomic mass is 35.5. The first-order valence-corrected chi connectivity index (χ1v) is 9.11. The van der Waals surface area contributed by atoms with Gasteiger partial charge in [-0.05, 0) is 49.4 Å². The van der Waals surface area contributed by atoms with Crippen LogP contribution in [0.15, 0.2) is 47.4 Å². The van der Waals surface area contributed by atoms with Gasteiger partial charge in [-0.25, -0.2) is 0 Å². The zero-order valence-electron chi connectivity index (χ0n) is 13.7. The van der Waals surface area contributed by atoms with Crippen LogP contribution in [0.1, 0.15) is 12.5 Å². The minimum atomic E-state index is -0.555. The van der Waals surface area contributed by atoms with Crippen molar-refractivity contribution < 1.29 is 14.3 Å². The maximum atomic E-state index is 12.0. The van der Waals surface area contributed by atoms with Crippen LogP contribution in [0.5, 0.6) is 0 Å². The monoisotopic (exact) mass is 408 g/mol. The lowest BCUT2D eigenvalue weighted by atomic mass is 10.2. The lowest BCUT2D eigenvalue weighted by Gasteiger charge is -2.12. The lowest BCUT2D eigenvalue weighted by molar-refractivity contribution is -0.146. The predicted molar refractivity (Wildman–Crippen MR) is 103 cm³/mol. The summed E-state index contributed by atoms with van der Waals surface area (Å²) in [7, 11) is 0. The number of amides is 1. The van der Waals surface area contributed by atoms with Crippen LogP contribution < -0.4 is 5.32 Å². The van der Waals surface area contributed by atoms with Crippen molar-refractivity contribution >= 4 is 52.5 Å². The van der Waals surface area contributed by atoms with Gasteiger partial charge in [-0.15, -0.1) is 11.8 Å². The number of ether oxygens (including phenoxy) is 1. The first kappa shape index (κ1) is 20.1.